The monoisotopic (exact) mass is 600 g/mol. The van der Waals surface area contributed by atoms with E-state index in [0.717, 1.165) is 29.0 Å². The van der Waals surface area contributed by atoms with Crippen molar-refractivity contribution in [2.45, 2.75) is 69.8 Å². The molecule has 1 aliphatic rings. The van der Waals surface area contributed by atoms with Crippen molar-refractivity contribution in [2.24, 2.45) is 0 Å². The molecule has 226 valence electrons. The number of hydrogen-bond acceptors (Lipinski definition) is 3. The summed E-state index contributed by atoms with van der Waals surface area (Å²) in [5, 5.41) is 0.145. The zero-order valence-corrected chi connectivity index (χ0v) is 27.8. The lowest BCUT2D eigenvalue weighted by Gasteiger charge is -2.41. The highest BCUT2D eigenvalue weighted by atomic mass is 28.4. The molecule has 2 atom stereocenters. The van der Waals surface area contributed by atoms with Gasteiger partial charge in [-0.3, -0.25) is 0 Å². The van der Waals surface area contributed by atoms with Crippen molar-refractivity contribution in [3.05, 3.63) is 155 Å². The third-order valence-corrected chi connectivity index (χ3v) is 14.3. The fourth-order valence-electron chi connectivity index (χ4n) is 6.30. The highest BCUT2D eigenvalue weighted by Gasteiger charge is 2.41. The van der Waals surface area contributed by atoms with Gasteiger partial charge in [0.25, 0.3) is 0 Å². The number of para-hydroxylation sites is 1. The Kier molecular flexibility index (Phi) is 8.12. The summed E-state index contributed by atoms with van der Waals surface area (Å²) in [5.41, 5.74) is 6.27. The molecule has 0 fully saturated rings. The van der Waals surface area contributed by atoms with Crippen molar-refractivity contribution in [2.75, 3.05) is 6.61 Å². The number of nitrogens with zero attached hydrogens (tertiary/aromatic N) is 2. The lowest BCUT2D eigenvalue weighted by molar-refractivity contribution is 0.121. The minimum absolute atomic E-state index is 0.0258. The lowest BCUT2D eigenvalue weighted by atomic mass is 9.76. The van der Waals surface area contributed by atoms with Gasteiger partial charge >= 0.3 is 0 Å². The third-order valence-electron chi connectivity index (χ3n) is 9.77. The largest absolute Gasteiger partial charge is 0.493 e. The van der Waals surface area contributed by atoms with Crippen LogP contribution in [0.2, 0.25) is 18.1 Å². The zero-order chi connectivity index (χ0) is 31.0. The Hall–Kier alpha value is -3.93. The van der Waals surface area contributed by atoms with Crippen LogP contribution in [0, 0.1) is 0 Å². The van der Waals surface area contributed by atoms with Crippen molar-refractivity contribution in [3.63, 3.8) is 0 Å². The topological polar surface area (TPSA) is 36.3 Å². The highest BCUT2D eigenvalue weighted by molar-refractivity contribution is 6.74. The maximum atomic E-state index is 6.95. The van der Waals surface area contributed by atoms with Crippen LogP contribution in [0.5, 0.6) is 5.75 Å². The van der Waals surface area contributed by atoms with Crippen molar-refractivity contribution in [1.29, 1.82) is 0 Å². The molecular weight excluding hydrogens is 557 g/mol. The average molecular weight is 601 g/mol. The second-order valence-corrected chi connectivity index (χ2v) is 18.3. The molecule has 0 saturated heterocycles. The molecule has 44 heavy (non-hydrogen) atoms. The zero-order valence-electron chi connectivity index (χ0n) is 26.8. The number of benzene rings is 4. The number of ether oxygens (including phenoxy) is 1. The van der Waals surface area contributed by atoms with Crippen molar-refractivity contribution >= 4 is 8.32 Å². The Bertz CT molecular complexity index is 1590. The molecule has 4 nitrogen and oxygen atoms in total. The maximum absolute atomic E-state index is 6.95. The molecule has 0 spiro atoms. The van der Waals surface area contributed by atoms with Gasteiger partial charge in [0.15, 0.2) is 8.32 Å². The molecule has 0 radical (unpaired) electrons. The first-order valence-corrected chi connectivity index (χ1v) is 18.7. The molecule has 0 bridgehead atoms. The summed E-state index contributed by atoms with van der Waals surface area (Å²) in [5.74, 6) is 0.989. The summed E-state index contributed by atoms with van der Waals surface area (Å²) in [6.45, 7) is 14.5. The Labute approximate surface area is 263 Å². The van der Waals surface area contributed by atoms with Crippen molar-refractivity contribution in [1.82, 2.24) is 9.55 Å². The summed E-state index contributed by atoms with van der Waals surface area (Å²) >= 11 is 0. The fraction of sp³-hybridized carbons (Fsp3) is 0.308. The van der Waals surface area contributed by atoms with E-state index < -0.39 is 13.9 Å². The Morgan fingerprint density at radius 3 is 1.86 bits per heavy atom. The highest BCUT2D eigenvalue weighted by Crippen LogP contribution is 2.47. The van der Waals surface area contributed by atoms with Crippen LogP contribution < -0.4 is 4.74 Å². The van der Waals surface area contributed by atoms with E-state index in [1.165, 1.54) is 16.7 Å². The molecule has 2 heterocycles. The fourth-order valence-corrected chi connectivity index (χ4v) is 7.61. The number of rotatable bonds is 8. The standard InChI is InChI=1S/C39H44N2O2Si/c1-29(33-23-16-24-34-36(25-26-42-37(33)34)43-44(5,6)38(2,3)4)35-27-41(28-40-35)39(30-17-10-7-11-18-30,31-19-12-8-13-20-31)32-21-14-9-15-22-32/h7-24,27-29,36H,25-26H2,1-6H3. The molecule has 0 aliphatic carbocycles. The van der Waals surface area contributed by atoms with Crippen LogP contribution in [0.15, 0.2) is 122 Å². The molecule has 5 heteroatoms. The van der Waals surface area contributed by atoms with Crippen LogP contribution in [0.3, 0.4) is 0 Å². The smallest absolute Gasteiger partial charge is 0.192 e. The average Bonchev–Trinajstić information content (AvgIpc) is 3.52. The number of imidazole rings is 1. The van der Waals surface area contributed by atoms with E-state index >= 15 is 0 Å². The number of aromatic nitrogens is 2. The van der Waals surface area contributed by atoms with Gasteiger partial charge < -0.3 is 13.7 Å². The van der Waals surface area contributed by atoms with Crippen molar-refractivity contribution in [3.8, 4) is 5.75 Å². The second kappa shape index (κ2) is 11.9. The summed E-state index contributed by atoms with van der Waals surface area (Å²) < 4.78 is 15.6. The van der Waals surface area contributed by atoms with E-state index in [0.29, 0.717) is 6.61 Å². The first-order valence-electron chi connectivity index (χ1n) is 15.8. The van der Waals surface area contributed by atoms with E-state index in [2.05, 4.69) is 161 Å². The molecular formula is C39H44N2O2Si. The van der Waals surface area contributed by atoms with E-state index in [9.17, 15) is 0 Å². The van der Waals surface area contributed by atoms with Gasteiger partial charge in [-0.15, -0.1) is 0 Å². The first kappa shape index (κ1) is 30.1. The van der Waals surface area contributed by atoms with Crippen LogP contribution in [-0.2, 0) is 9.96 Å². The molecule has 0 amide bonds. The van der Waals surface area contributed by atoms with Gasteiger partial charge in [0.2, 0.25) is 0 Å². The van der Waals surface area contributed by atoms with Gasteiger partial charge in [0.1, 0.15) is 11.3 Å². The van der Waals surface area contributed by atoms with Gasteiger partial charge in [-0.25, -0.2) is 4.98 Å². The van der Waals surface area contributed by atoms with Crippen LogP contribution in [0.25, 0.3) is 0 Å². The third kappa shape index (κ3) is 5.33. The number of hydrogen-bond donors (Lipinski definition) is 0. The Morgan fingerprint density at radius 2 is 1.34 bits per heavy atom. The van der Waals surface area contributed by atoms with Gasteiger partial charge in [0.05, 0.1) is 24.7 Å². The lowest BCUT2D eigenvalue weighted by Crippen LogP contribution is -2.42. The predicted octanol–water partition coefficient (Wildman–Crippen LogP) is 9.72. The summed E-state index contributed by atoms with van der Waals surface area (Å²) in [4.78, 5) is 5.08. The van der Waals surface area contributed by atoms with Crippen molar-refractivity contribution < 1.29 is 9.16 Å². The molecule has 2 unspecified atom stereocenters. The summed E-state index contributed by atoms with van der Waals surface area (Å²) in [7, 11) is -1.95. The van der Waals surface area contributed by atoms with Crippen LogP contribution >= 0.6 is 0 Å². The Balaban J connectivity index is 1.44. The SMILES string of the molecule is CC(c1cn(C(c2ccccc2)(c2ccccc2)c2ccccc2)cn1)c1cccc2c1OCCC2O[Si](C)(C)C(C)(C)C. The van der Waals surface area contributed by atoms with Crippen LogP contribution in [-0.4, -0.2) is 24.5 Å². The molecule has 0 saturated carbocycles. The second-order valence-electron chi connectivity index (χ2n) is 13.5. The first-order chi connectivity index (χ1) is 21.1. The molecule has 6 rings (SSSR count). The van der Waals surface area contributed by atoms with Gasteiger partial charge in [-0.2, -0.15) is 0 Å². The number of fused-ring (bicyclic) bond motifs is 1. The normalized spacial score (nSPS) is 16.2. The Morgan fingerprint density at radius 1 is 0.795 bits per heavy atom. The van der Waals surface area contributed by atoms with Crippen LogP contribution in [0.4, 0.5) is 0 Å². The molecule has 5 aromatic rings. The van der Waals surface area contributed by atoms with Crippen LogP contribution in [0.1, 0.15) is 79.6 Å². The quantitative estimate of drug-likeness (QED) is 0.131. The van der Waals surface area contributed by atoms with E-state index in [1.54, 1.807) is 0 Å². The van der Waals surface area contributed by atoms with E-state index in [4.69, 9.17) is 14.1 Å². The molecule has 4 aromatic carbocycles. The minimum Gasteiger partial charge on any atom is -0.493 e. The maximum Gasteiger partial charge on any atom is 0.192 e. The summed E-state index contributed by atoms with van der Waals surface area (Å²) in [6, 6.07) is 38.8. The van der Waals surface area contributed by atoms with Gasteiger partial charge in [-0.1, -0.05) is 137 Å². The minimum atomic E-state index is -1.95. The molecule has 1 aromatic heterocycles. The van der Waals surface area contributed by atoms with Gasteiger partial charge in [-0.05, 0) is 34.8 Å². The molecule has 0 N–H and O–H groups in total. The van der Waals surface area contributed by atoms with Gasteiger partial charge in [0, 0.05) is 29.7 Å². The predicted molar refractivity (Wildman–Crippen MR) is 182 cm³/mol. The molecule has 1 aliphatic heterocycles. The van der Waals surface area contributed by atoms with E-state index in [1.807, 2.05) is 6.33 Å². The van der Waals surface area contributed by atoms with E-state index in [-0.39, 0.29) is 17.1 Å². The summed E-state index contributed by atoms with van der Waals surface area (Å²) in [6.07, 6.45) is 5.15.